The number of hydrogen-bond acceptors (Lipinski definition) is 2. The summed E-state index contributed by atoms with van der Waals surface area (Å²) in [6.07, 6.45) is -2.63. The van der Waals surface area contributed by atoms with E-state index in [9.17, 15) is 22.8 Å². The minimum absolute atomic E-state index is 0.0504. The van der Waals surface area contributed by atoms with Crippen LogP contribution in [0.25, 0.3) is 0 Å². The summed E-state index contributed by atoms with van der Waals surface area (Å²) in [7, 11) is 0. The van der Waals surface area contributed by atoms with Crippen LogP contribution < -0.4 is 5.32 Å². The zero-order chi connectivity index (χ0) is 19.5. The van der Waals surface area contributed by atoms with E-state index in [1.807, 2.05) is 13.8 Å². The Hall–Kier alpha value is -2.05. The number of rotatable bonds is 4. The first kappa shape index (κ1) is 20.3. The van der Waals surface area contributed by atoms with E-state index in [4.69, 9.17) is 0 Å². The predicted molar refractivity (Wildman–Crippen MR) is 92.2 cm³/mol. The first-order chi connectivity index (χ1) is 12.1. The molecule has 1 aromatic carbocycles. The molecule has 0 radical (unpaired) electrons. The van der Waals surface area contributed by atoms with Gasteiger partial charge >= 0.3 is 6.18 Å². The molecule has 0 saturated carbocycles. The second-order valence-electron chi connectivity index (χ2n) is 6.90. The minimum Gasteiger partial charge on any atom is -0.353 e. The van der Waals surface area contributed by atoms with Crippen molar-refractivity contribution in [1.29, 1.82) is 0 Å². The number of nitrogens with zero attached hydrogens (tertiary/aromatic N) is 1. The van der Waals surface area contributed by atoms with Crippen molar-refractivity contribution >= 4 is 11.8 Å². The van der Waals surface area contributed by atoms with E-state index in [1.165, 1.54) is 17.9 Å². The minimum atomic E-state index is -4.43. The molecule has 2 rings (SSSR count). The van der Waals surface area contributed by atoms with Gasteiger partial charge in [-0.1, -0.05) is 19.1 Å². The van der Waals surface area contributed by atoms with Crippen molar-refractivity contribution in [2.75, 3.05) is 6.54 Å². The summed E-state index contributed by atoms with van der Waals surface area (Å²) in [5.41, 5.74) is -0.272. The van der Waals surface area contributed by atoms with Crippen molar-refractivity contribution < 1.29 is 22.8 Å². The van der Waals surface area contributed by atoms with Crippen LogP contribution in [0.1, 0.15) is 57.2 Å². The van der Waals surface area contributed by atoms with E-state index < -0.39 is 17.8 Å². The first-order valence-electron chi connectivity index (χ1n) is 8.88. The molecule has 2 amide bonds. The van der Waals surface area contributed by atoms with Crippen molar-refractivity contribution in [2.45, 2.75) is 58.3 Å². The van der Waals surface area contributed by atoms with Crippen LogP contribution in [0, 0.1) is 5.92 Å². The van der Waals surface area contributed by atoms with Gasteiger partial charge in [-0.25, -0.2) is 0 Å². The molecule has 1 aromatic rings. The SMILES string of the molecule is CC[C@H](C)NC(=O)[C@H]1CC[C@H](c2cccc(C(F)(F)F)c2)N(C(C)=O)C1. The Morgan fingerprint density at radius 2 is 2.00 bits per heavy atom. The standard InChI is InChI=1S/C19H25F3N2O2/c1-4-12(2)23-18(26)15-8-9-17(24(11-15)13(3)25)14-6-5-7-16(10-14)19(20,21)22/h5-7,10,12,15,17H,4,8-9,11H2,1-3H3,(H,23,26)/t12-,15-,17+/m0/s1. The number of halogens is 3. The third-order valence-electron chi connectivity index (χ3n) is 4.96. The van der Waals surface area contributed by atoms with Crippen LogP contribution >= 0.6 is 0 Å². The fourth-order valence-electron chi connectivity index (χ4n) is 3.26. The van der Waals surface area contributed by atoms with Crippen molar-refractivity contribution in [3.63, 3.8) is 0 Å². The highest BCUT2D eigenvalue weighted by Crippen LogP contribution is 2.36. The Balaban J connectivity index is 2.19. The zero-order valence-corrected chi connectivity index (χ0v) is 15.3. The van der Waals surface area contributed by atoms with Gasteiger partial charge in [0.2, 0.25) is 11.8 Å². The summed E-state index contributed by atoms with van der Waals surface area (Å²) in [6, 6.07) is 4.69. The Kier molecular flexibility index (Phi) is 6.31. The second kappa shape index (κ2) is 8.10. The van der Waals surface area contributed by atoms with Crippen LogP contribution in [0.4, 0.5) is 13.2 Å². The Morgan fingerprint density at radius 3 is 2.58 bits per heavy atom. The molecule has 1 aliphatic heterocycles. The van der Waals surface area contributed by atoms with E-state index in [0.717, 1.165) is 18.6 Å². The quantitative estimate of drug-likeness (QED) is 0.873. The molecule has 1 saturated heterocycles. The molecule has 0 unspecified atom stereocenters. The van der Waals surface area contributed by atoms with Crippen LogP contribution in [0.2, 0.25) is 0 Å². The van der Waals surface area contributed by atoms with Gasteiger partial charge in [0.15, 0.2) is 0 Å². The van der Waals surface area contributed by atoms with Crippen molar-refractivity contribution in [3.8, 4) is 0 Å². The lowest BCUT2D eigenvalue weighted by Gasteiger charge is -2.39. The maximum Gasteiger partial charge on any atom is 0.416 e. The fourth-order valence-corrected chi connectivity index (χ4v) is 3.26. The number of likely N-dealkylation sites (tertiary alicyclic amines) is 1. The van der Waals surface area contributed by atoms with Gasteiger partial charge in [-0.2, -0.15) is 13.2 Å². The Labute approximate surface area is 151 Å². The molecule has 7 heteroatoms. The molecular weight excluding hydrogens is 345 g/mol. The summed E-state index contributed by atoms with van der Waals surface area (Å²) < 4.78 is 38.9. The van der Waals surface area contributed by atoms with Crippen LogP contribution in [-0.4, -0.2) is 29.3 Å². The van der Waals surface area contributed by atoms with Crippen LogP contribution in [0.5, 0.6) is 0 Å². The number of piperidine rings is 1. The molecule has 3 atom stereocenters. The van der Waals surface area contributed by atoms with E-state index in [1.54, 1.807) is 6.07 Å². The highest BCUT2D eigenvalue weighted by Gasteiger charge is 2.36. The largest absolute Gasteiger partial charge is 0.416 e. The second-order valence-corrected chi connectivity index (χ2v) is 6.90. The highest BCUT2D eigenvalue weighted by molar-refractivity contribution is 5.81. The van der Waals surface area contributed by atoms with Gasteiger partial charge < -0.3 is 10.2 Å². The number of carbonyl (C=O) groups is 2. The predicted octanol–water partition coefficient (Wildman–Crippen LogP) is 3.92. The van der Waals surface area contributed by atoms with E-state index in [2.05, 4.69) is 5.32 Å². The number of nitrogens with one attached hydrogen (secondary N) is 1. The maximum absolute atomic E-state index is 13.0. The molecule has 1 aliphatic rings. The highest BCUT2D eigenvalue weighted by atomic mass is 19.4. The van der Waals surface area contributed by atoms with Gasteiger partial charge in [0, 0.05) is 19.5 Å². The van der Waals surface area contributed by atoms with Crippen LogP contribution in [-0.2, 0) is 15.8 Å². The molecule has 0 aliphatic carbocycles. The number of amides is 2. The monoisotopic (exact) mass is 370 g/mol. The Morgan fingerprint density at radius 1 is 1.31 bits per heavy atom. The van der Waals surface area contributed by atoms with E-state index in [-0.39, 0.29) is 30.3 Å². The average Bonchev–Trinajstić information content (AvgIpc) is 2.60. The molecule has 4 nitrogen and oxygen atoms in total. The normalized spacial score (nSPS) is 22.0. The third kappa shape index (κ3) is 4.77. The number of carbonyl (C=O) groups excluding carboxylic acids is 2. The van der Waals surface area contributed by atoms with Gasteiger partial charge in [-0.3, -0.25) is 9.59 Å². The summed E-state index contributed by atoms with van der Waals surface area (Å²) in [5.74, 6) is -0.684. The summed E-state index contributed by atoms with van der Waals surface area (Å²) in [5, 5.41) is 2.92. The topological polar surface area (TPSA) is 49.4 Å². The number of alkyl halides is 3. The van der Waals surface area contributed by atoms with E-state index in [0.29, 0.717) is 18.4 Å². The molecule has 0 spiro atoms. The smallest absolute Gasteiger partial charge is 0.353 e. The zero-order valence-electron chi connectivity index (χ0n) is 15.3. The van der Waals surface area contributed by atoms with E-state index >= 15 is 0 Å². The lowest BCUT2D eigenvalue weighted by atomic mass is 9.87. The molecular formula is C19H25F3N2O2. The van der Waals surface area contributed by atoms with Gasteiger partial charge in [0.1, 0.15) is 0 Å². The van der Waals surface area contributed by atoms with Crippen molar-refractivity contribution in [3.05, 3.63) is 35.4 Å². The fraction of sp³-hybridized carbons (Fsp3) is 0.579. The van der Waals surface area contributed by atoms with Gasteiger partial charge in [0.05, 0.1) is 17.5 Å². The van der Waals surface area contributed by atoms with Crippen molar-refractivity contribution in [1.82, 2.24) is 10.2 Å². The lowest BCUT2D eigenvalue weighted by molar-refractivity contribution is -0.137. The molecule has 0 aromatic heterocycles. The molecule has 1 heterocycles. The number of benzene rings is 1. The summed E-state index contributed by atoms with van der Waals surface area (Å²) >= 11 is 0. The van der Waals surface area contributed by atoms with Crippen LogP contribution in [0.15, 0.2) is 24.3 Å². The summed E-state index contributed by atoms with van der Waals surface area (Å²) in [6.45, 7) is 5.49. The molecule has 1 fully saturated rings. The van der Waals surface area contributed by atoms with Crippen molar-refractivity contribution in [2.24, 2.45) is 5.92 Å². The number of hydrogen-bond donors (Lipinski definition) is 1. The maximum atomic E-state index is 13.0. The molecule has 0 bridgehead atoms. The molecule has 26 heavy (non-hydrogen) atoms. The third-order valence-corrected chi connectivity index (χ3v) is 4.96. The Bertz CT molecular complexity index is 660. The molecule has 1 N–H and O–H groups in total. The van der Waals surface area contributed by atoms with Gasteiger partial charge in [-0.15, -0.1) is 0 Å². The summed E-state index contributed by atoms with van der Waals surface area (Å²) in [4.78, 5) is 26.0. The lowest BCUT2D eigenvalue weighted by Crippen LogP contribution is -2.47. The van der Waals surface area contributed by atoms with Crippen LogP contribution in [0.3, 0.4) is 0 Å². The first-order valence-corrected chi connectivity index (χ1v) is 8.88. The average molecular weight is 370 g/mol. The van der Waals surface area contributed by atoms with Gasteiger partial charge in [-0.05, 0) is 43.9 Å². The van der Waals surface area contributed by atoms with Gasteiger partial charge in [0.25, 0.3) is 0 Å². The molecule has 144 valence electrons.